The molecule has 0 spiro atoms. The fraction of sp³-hybridized carbons (Fsp3) is 0.857. The van der Waals surface area contributed by atoms with E-state index in [-0.39, 0.29) is 6.54 Å². The molecular weight excluding hydrogens is 304 g/mol. The predicted octanol–water partition coefficient (Wildman–Crippen LogP) is -3.05. The minimum atomic E-state index is -1.00. The van der Waals surface area contributed by atoms with E-state index >= 15 is 0 Å². The summed E-state index contributed by atoms with van der Waals surface area (Å²) >= 11 is 0. The molecule has 0 aromatic heterocycles. The van der Waals surface area contributed by atoms with Gasteiger partial charge in [0.15, 0.2) is 0 Å². The number of hydrogen-bond donors (Lipinski definition) is 6. The van der Waals surface area contributed by atoms with Crippen LogP contribution in [0.4, 0.5) is 0 Å². The molecule has 8 atom stereocenters. The van der Waals surface area contributed by atoms with E-state index in [1.54, 1.807) is 7.05 Å². The van der Waals surface area contributed by atoms with E-state index in [1.165, 1.54) is 7.11 Å². The van der Waals surface area contributed by atoms with Crippen LogP contribution in [0.3, 0.4) is 0 Å². The molecule has 1 heterocycles. The van der Waals surface area contributed by atoms with Crippen molar-refractivity contribution >= 4 is 0 Å². The van der Waals surface area contributed by atoms with Crippen molar-refractivity contribution < 1.29 is 24.4 Å². The zero-order chi connectivity index (χ0) is 17.1. The molecular formula is C14H28N4O5. The van der Waals surface area contributed by atoms with E-state index in [0.29, 0.717) is 12.2 Å². The number of ether oxygens (including phenoxy) is 3. The zero-order valence-electron chi connectivity index (χ0n) is 13.5. The summed E-state index contributed by atoms with van der Waals surface area (Å²) in [6.07, 6.45) is -1.93. The lowest BCUT2D eigenvalue weighted by Crippen LogP contribution is -2.71. The Morgan fingerprint density at radius 1 is 1.30 bits per heavy atom. The molecule has 1 aliphatic heterocycles. The van der Waals surface area contributed by atoms with E-state index in [1.807, 2.05) is 6.08 Å². The molecule has 1 fully saturated rings. The van der Waals surface area contributed by atoms with E-state index in [4.69, 9.17) is 31.4 Å². The first-order valence-electron chi connectivity index (χ1n) is 7.73. The van der Waals surface area contributed by atoms with Crippen molar-refractivity contribution in [1.29, 1.82) is 0 Å². The third-order valence-corrected chi connectivity index (χ3v) is 4.50. The summed E-state index contributed by atoms with van der Waals surface area (Å²) in [5.74, 6) is 0.580. The van der Waals surface area contributed by atoms with Crippen molar-refractivity contribution in [3.8, 4) is 0 Å². The second-order valence-corrected chi connectivity index (χ2v) is 5.93. The molecule has 0 bridgehead atoms. The van der Waals surface area contributed by atoms with Crippen LogP contribution in [-0.4, -0.2) is 79.7 Å². The molecule has 2 aliphatic rings. The smallest absolute Gasteiger partial charge is 0.215 e. The van der Waals surface area contributed by atoms with Gasteiger partial charge in [0.1, 0.15) is 18.0 Å². The van der Waals surface area contributed by atoms with Crippen molar-refractivity contribution in [3.63, 3.8) is 0 Å². The van der Waals surface area contributed by atoms with Crippen molar-refractivity contribution in [2.45, 2.75) is 55.3 Å². The highest BCUT2D eigenvalue weighted by Gasteiger charge is 2.50. The monoisotopic (exact) mass is 332 g/mol. The van der Waals surface area contributed by atoms with Gasteiger partial charge in [-0.15, -0.1) is 0 Å². The van der Waals surface area contributed by atoms with Gasteiger partial charge in [-0.2, -0.15) is 0 Å². The third-order valence-electron chi connectivity index (χ3n) is 4.50. The Morgan fingerprint density at radius 2 is 2.00 bits per heavy atom. The maximum Gasteiger partial charge on any atom is 0.215 e. The predicted molar refractivity (Wildman–Crippen MR) is 83.1 cm³/mol. The van der Waals surface area contributed by atoms with Gasteiger partial charge in [-0.05, 0) is 19.5 Å². The van der Waals surface area contributed by atoms with Crippen LogP contribution >= 0.6 is 0 Å². The van der Waals surface area contributed by atoms with Crippen LogP contribution in [0.2, 0.25) is 0 Å². The number of likely N-dealkylation sites (N-methyl/N-ethyl adjacent to an activating group) is 1. The molecule has 23 heavy (non-hydrogen) atoms. The maximum absolute atomic E-state index is 10.6. The van der Waals surface area contributed by atoms with Crippen molar-refractivity contribution in [2.24, 2.45) is 17.2 Å². The fourth-order valence-electron chi connectivity index (χ4n) is 3.12. The first-order chi connectivity index (χ1) is 10.9. The lowest BCUT2D eigenvalue weighted by molar-refractivity contribution is -0.230. The van der Waals surface area contributed by atoms with Gasteiger partial charge in [0, 0.05) is 7.11 Å². The van der Waals surface area contributed by atoms with Crippen LogP contribution in [0.15, 0.2) is 11.8 Å². The molecule has 0 aromatic rings. The first kappa shape index (κ1) is 18.6. The number of nitrogens with one attached hydrogen (secondary N) is 1. The quantitative estimate of drug-likeness (QED) is 0.307. The van der Waals surface area contributed by atoms with E-state index in [2.05, 4.69) is 5.32 Å². The highest BCUT2D eigenvalue weighted by atomic mass is 16.7. The van der Waals surface area contributed by atoms with Crippen LogP contribution in [0.25, 0.3) is 0 Å². The van der Waals surface area contributed by atoms with Crippen LogP contribution in [0.5, 0.6) is 0 Å². The molecule has 1 saturated carbocycles. The number of nitrogens with two attached hydrogens (primary N) is 3. The Hall–Kier alpha value is -0.780. The number of rotatable bonds is 5. The SMILES string of the molecule is CN[C@H]1[C@@H](O)[C@H](O[C@H]2OC(CN)=CC[C@H]2N)[C@@H](N)[C@H](O)[C@H]1OC. The standard InChI is InChI=1S/C14H28N4O5/c1-18-9-11(20)12(8(17)10(19)13(9)21-2)23-14-7(16)4-3-6(5-15)22-14/h3,7-14,18-20H,4-5,15-17H2,1-2H3/t7-,8+,9+,10+,11-,12-,13+,14-/m1/s1. The normalized spacial score (nSPS) is 44.6. The van der Waals surface area contributed by atoms with Gasteiger partial charge in [-0.1, -0.05) is 0 Å². The van der Waals surface area contributed by atoms with Crippen LogP contribution in [0.1, 0.15) is 6.42 Å². The summed E-state index contributed by atoms with van der Waals surface area (Å²) in [6, 6.07) is -1.79. The number of aliphatic hydroxyl groups is 2. The highest BCUT2D eigenvalue weighted by Crippen LogP contribution is 2.27. The maximum atomic E-state index is 10.6. The summed E-state index contributed by atoms with van der Waals surface area (Å²) in [5.41, 5.74) is 17.6. The van der Waals surface area contributed by atoms with E-state index in [9.17, 15) is 10.2 Å². The molecule has 0 amide bonds. The van der Waals surface area contributed by atoms with Crippen LogP contribution < -0.4 is 22.5 Å². The molecule has 1 aliphatic carbocycles. The summed E-state index contributed by atoms with van der Waals surface area (Å²) in [4.78, 5) is 0. The van der Waals surface area contributed by atoms with Crippen molar-refractivity contribution in [3.05, 3.63) is 11.8 Å². The lowest BCUT2D eigenvalue weighted by Gasteiger charge is -2.47. The van der Waals surface area contributed by atoms with Gasteiger partial charge < -0.3 is 46.9 Å². The highest BCUT2D eigenvalue weighted by molar-refractivity contribution is 5.06. The molecule has 9 N–H and O–H groups in total. The molecule has 9 nitrogen and oxygen atoms in total. The average Bonchev–Trinajstić information content (AvgIpc) is 2.56. The van der Waals surface area contributed by atoms with Gasteiger partial charge in [0.2, 0.25) is 6.29 Å². The average molecular weight is 332 g/mol. The largest absolute Gasteiger partial charge is 0.467 e. The zero-order valence-corrected chi connectivity index (χ0v) is 13.5. The Balaban J connectivity index is 2.13. The molecule has 0 saturated heterocycles. The van der Waals surface area contributed by atoms with Crippen LogP contribution in [0, 0.1) is 0 Å². The summed E-state index contributed by atoms with van der Waals surface area (Å²) in [5, 5.41) is 23.8. The minimum absolute atomic E-state index is 0.235. The van der Waals surface area contributed by atoms with Gasteiger partial charge in [0.25, 0.3) is 0 Å². The Labute approximate surface area is 135 Å². The third kappa shape index (κ3) is 3.67. The van der Waals surface area contributed by atoms with Gasteiger partial charge >= 0.3 is 0 Å². The molecule has 0 unspecified atom stereocenters. The second-order valence-electron chi connectivity index (χ2n) is 5.93. The molecule has 0 radical (unpaired) electrons. The molecule has 2 rings (SSSR count). The Kier molecular flexibility index (Phi) is 6.34. The summed E-state index contributed by atoms with van der Waals surface area (Å²) < 4.78 is 16.7. The Bertz CT molecular complexity index is 424. The van der Waals surface area contributed by atoms with Gasteiger partial charge in [0.05, 0.1) is 36.9 Å². The van der Waals surface area contributed by atoms with E-state index < -0.39 is 48.8 Å². The summed E-state index contributed by atoms with van der Waals surface area (Å²) in [6.45, 7) is 0.235. The molecule has 9 heteroatoms. The summed E-state index contributed by atoms with van der Waals surface area (Å²) in [7, 11) is 3.12. The molecule has 0 aromatic carbocycles. The topological polar surface area (TPSA) is 158 Å². The first-order valence-corrected chi connectivity index (χ1v) is 7.73. The number of aliphatic hydroxyl groups excluding tert-OH is 2. The number of methoxy groups -OCH3 is 1. The Morgan fingerprint density at radius 3 is 2.57 bits per heavy atom. The molecule has 134 valence electrons. The second kappa shape index (κ2) is 7.86. The van der Waals surface area contributed by atoms with Crippen molar-refractivity contribution in [1.82, 2.24) is 5.32 Å². The lowest BCUT2D eigenvalue weighted by atomic mass is 9.81. The van der Waals surface area contributed by atoms with Gasteiger partial charge in [-0.25, -0.2) is 0 Å². The number of hydrogen-bond acceptors (Lipinski definition) is 9. The van der Waals surface area contributed by atoms with Crippen LogP contribution in [-0.2, 0) is 14.2 Å². The van der Waals surface area contributed by atoms with Crippen molar-refractivity contribution in [2.75, 3.05) is 20.7 Å². The minimum Gasteiger partial charge on any atom is -0.467 e. The van der Waals surface area contributed by atoms with Gasteiger partial charge in [-0.3, -0.25) is 0 Å². The van der Waals surface area contributed by atoms with E-state index in [0.717, 1.165) is 0 Å². The fourth-order valence-corrected chi connectivity index (χ4v) is 3.12.